The molecule has 0 radical (unpaired) electrons. The van der Waals surface area contributed by atoms with Crippen LogP contribution in [0.5, 0.6) is 5.75 Å². The van der Waals surface area contributed by atoms with Crippen molar-refractivity contribution in [1.29, 1.82) is 0 Å². The fraction of sp³-hybridized carbons (Fsp3) is 0.529. The molecule has 1 rings (SSSR count). The maximum absolute atomic E-state index is 11.2. The van der Waals surface area contributed by atoms with Gasteiger partial charge in [-0.05, 0) is 42.9 Å². The van der Waals surface area contributed by atoms with Crippen molar-refractivity contribution in [1.82, 2.24) is 5.32 Å². The van der Waals surface area contributed by atoms with Gasteiger partial charge in [0.25, 0.3) is 0 Å². The molecule has 0 unspecified atom stereocenters. The first-order chi connectivity index (χ1) is 10.7. The topological polar surface area (TPSA) is 50.4 Å². The molecule has 0 saturated carbocycles. The minimum atomic E-state index is -0.0967. The van der Waals surface area contributed by atoms with Gasteiger partial charge in [0.15, 0.2) is 5.11 Å². The molecule has 4 nitrogen and oxygen atoms in total. The van der Waals surface area contributed by atoms with Gasteiger partial charge in [0.2, 0.25) is 5.91 Å². The average molecular weight is 322 g/mol. The van der Waals surface area contributed by atoms with Crippen LogP contribution in [0.4, 0.5) is 5.69 Å². The Hall–Kier alpha value is -1.62. The molecule has 0 aliphatic heterocycles. The lowest BCUT2D eigenvalue weighted by atomic mass is 10.2. The third-order valence-corrected chi connectivity index (χ3v) is 3.41. The van der Waals surface area contributed by atoms with Gasteiger partial charge in [0.1, 0.15) is 5.75 Å². The molecule has 1 aromatic rings. The molecule has 0 atom stereocenters. The Morgan fingerprint density at radius 3 is 2.41 bits per heavy atom. The maximum Gasteiger partial charge on any atom is 0.225 e. The Bertz CT molecular complexity index is 460. The second-order valence-corrected chi connectivity index (χ2v) is 5.55. The van der Waals surface area contributed by atoms with Crippen molar-refractivity contribution < 1.29 is 9.53 Å². The molecule has 0 heterocycles. The van der Waals surface area contributed by atoms with Gasteiger partial charge < -0.3 is 15.4 Å². The first kappa shape index (κ1) is 18.4. The number of nitrogens with one attached hydrogen (secondary N) is 2. The van der Waals surface area contributed by atoms with Crippen LogP contribution in [0.3, 0.4) is 0 Å². The SMILES string of the molecule is CCCCCCCOc1ccc(NC(=S)NC(=O)CC)cc1. The molecule has 0 fully saturated rings. The first-order valence-corrected chi connectivity index (χ1v) is 8.40. The number of hydrogen-bond acceptors (Lipinski definition) is 3. The lowest BCUT2D eigenvalue weighted by Crippen LogP contribution is -2.33. The Labute approximate surface area is 138 Å². The Kier molecular flexibility index (Phi) is 9.23. The van der Waals surface area contributed by atoms with Gasteiger partial charge >= 0.3 is 0 Å². The molecule has 2 N–H and O–H groups in total. The zero-order valence-electron chi connectivity index (χ0n) is 13.5. The highest BCUT2D eigenvalue weighted by Gasteiger charge is 2.02. The van der Waals surface area contributed by atoms with E-state index in [1.165, 1.54) is 25.7 Å². The second-order valence-electron chi connectivity index (χ2n) is 5.14. The average Bonchev–Trinajstić information content (AvgIpc) is 2.52. The van der Waals surface area contributed by atoms with Crippen LogP contribution in [0.25, 0.3) is 0 Å². The van der Waals surface area contributed by atoms with E-state index in [-0.39, 0.29) is 5.91 Å². The van der Waals surface area contributed by atoms with E-state index < -0.39 is 0 Å². The number of anilines is 1. The third-order valence-electron chi connectivity index (χ3n) is 3.20. The molecule has 0 aliphatic carbocycles. The van der Waals surface area contributed by atoms with E-state index >= 15 is 0 Å². The molecule has 1 amide bonds. The molecule has 5 heteroatoms. The third kappa shape index (κ3) is 7.98. The predicted octanol–water partition coefficient (Wildman–Crippen LogP) is 4.26. The van der Waals surface area contributed by atoms with Crippen LogP contribution in [0.1, 0.15) is 52.4 Å². The van der Waals surface area contributed by atoms with Crippen LogP contribution < -0.4 is 15.4 Å². The predicted molar refractivity (Wildman–Crippen MR) is 95.4 cm³/mol. The summed E-state index contributed by atoms with van der Waals surface area (Å²) in [5.74, 6) is 0.755. The van der Waals surface area contributed by atoms with E-state index in [0.29, 0.717) is 11.5 Å². The lowest BCUT2D eigenvalue weighted by molar-refractivity contribution is -0.119. The van der Waals surface area contributed by atoms with E-state index in [9.17, 15) is 4.79 Å². The van der Waals surface area contributed by atoms with Crippen LogP contribution in [-0.4, -0.2) is 17.6 Å². The Balaban J connectivity index is 2.27. The van der Waals surface area contributed by atoms with E-state index in [2.05, 4.69) is 17.6 Å². The van der Waals surface area contributed by atoms with Crippen molar-refractivity contribution in [3.8, 4) is 5.75 Å². The number of thiocarbonyl (C=S) groups is 1. The summed E-state index contributed by atoms with van der Waals surface area (Å²) in [5, 5.41) is 5.89. The number of ether oxygens (including phenoxy) is 1. The van der Waals surface area contributed by atoms with Gasteiger partial charge in [-0.1, -0.05) is 39.5 Å². The minimum Gasteiger partial charge on any atom is -0.494 e. The van der Waals surface area contributed by atoms with Crippen LogP contribution in [0.2, 0.25) is 0 Å². The van der Waals surface area contributed by atoms with Gasteiger partial charge in [0, 0.05) is 12.1 Å². The fourth-order valence-electron chi connectivity index (χ4n) is 1.91. The van der Waals surface area contributed by atoms with E-state index in [4.69, 9.17) is 17.0 Å². The first-order valence-electron chi connectivity index (χ1n) is 7.99. The van der Waals surface area contributed by atoms with Gasteiger partial charge in [-0.2, -0.15) is 0 Å². The molecule has 0 aromatic heterocycles. The molecule has 0 spiro atoms. The number of unbranched alkanes of at least 4 members (excludes halogenated alkanes) is 4. The highest BCUT2D eigenvalue weighted by molar-refractivity contribution is 7.80. The molecule has 122 valence electrons. The van der Waals surface area contributed by atoms with Gasteiger partial charge in [-0.25, -0.2) is 0 Å². The van der Waals surface area contributed by atoms with Crippen LogP contribution >= 0.6 is 12.2 Å². The van der Waals surface area contributed by atoms with Gasteiger partial charge in [-0.3, -0.25) is 4.79 Å². The fourth-order valence-corrected chi connectivity index (χ4v) is 2.14. The molecule has 0 bridgehead atoms. The second kappa shape index (κ2) is 11.0. The van der Waals surface area contributed by atoms with E-state index in [1.807, 2.05) is 24.3 Å². The number of hydrogen-bond donors (Lipinski definition) is 2. The lowest BCUT2D eigenvalue weighted by Gasteiger charge is -2.10. The molecule has 22 heavy (non-hydrogen) atoms. The number of carbonyl (C=O) groups excluding carboxylic acids is 1. The molecule has 0 saturated heterocycles. The maximum atomic E-state index is 11.2. The van der Waals surface area contributed by atoms with Crippen LogP contribution in [0, 0.1) is 0 Å². The minimum absolute atomic E-state index is 0.0967. The summed E-state index contributed by atoms with van der Waals surface area (Å²) in [6, 6.07) is 7.57. The van der Waals surface area contributed by atoms with Gasteiger partial charge in [0.05, 0.1) is 6.61 Å². The van der Waals surface area contributed by atoms with Crippen molar-refractivity contribution in [3.63, 3.8) is 0 Å². The van der Waals surface area contributed by atoms with E-state index in [0.717, 1.165) is 24.5 Å². The summed E-state index contributed by atoms with van der Waals surface area (Å²) in [6.45, 7) is 4.75. The van der Waals surface area contributed by atoms with Crippen LogP contribution in [-0.2, 0) is 4.79 Å². The van der Waals surface area contributed by atoms with E-state index in [1.54, 1.807) is 6.92 Å². The summed E-state index contributed by atoms with van der Waals surface area (Å²) in [5.41, 5.74) is 0.830. The number of amides is 1. The Morgan fingerprint density at radius 2 is 1.77 bits per heavy atom. The van der Waals surface area contributed by atoms with Crippen molar-refractivity contribution in [3.05, 3.63) is 24.3 Å². The Morgan fingerprint density at radius 1 is 1.09 bits per heavy atom. The highest BCUT2D eigenvalue weighted by Crippen LogP contribution is 2.16. The molecular weight excluding hydrogens is 296 g/mol. The summed E-state index contributed by atoms with van der Waals surface area (Å²) >= 11 is 5.06. The van der Waals surface area contributed by atoms with Crippen LogP contribution in [0.15, 0.2) is 24.3 Å². The zero-order chi connectivity index (χ0) is 16.2. The quantitative estimate of drug-likeness (QED) is 0.527. The van der Waals surface area contributed by atoms with Crippen molar-refractivity contribution in [2.24, 2.45) is 0 Å². The number of benzene rings is 1. The zero-order valence-corrected chi connectivity index (χ0v) is 14.3. The summed E-state index contributed by atoms with van der Waals surface area (Å²) in [4.78, 5) is 11.2. The molecule has 0 aliphatic rings. The summed E-state index contributed by atoms with van der Waals surface area (Å²) in [7, 11) is 0. The summed E-state index contributed by atoms with van der Waals surface area (Å²) < 4.78 is 5.70. The highest BCUT2D eigenvalue weighted by atomic mass is 32.1. The largest absolute Gasteiger partial charge is 0.494 e. The van der Waals surface area contributed by atoms with Crippen molar-refractivity contribution >= 4 is 28.9 Å². The standard InChI is InChI=1S/C17H26N2O2S/c1-3-5-6-7-8-13-21-15-11-9-14(10-12-15)18-17(22)19-16(20)4-2/h9-12H,3-8,13H2,1-2H3,(H2,18,19,20,22). The number of rotatable bonds is 9. The normalized spacial score (nSPS) is 10.1. The van der Waals surface area contributed by atoms with Crippen molar-refractivity contribution in [2.75, 3.05) is 11.9 Å². The molecular formula is C17H26N2O2S. The number of carbonyl (C=O) groups is 1. The smallest absolute Gasteiger partial charge is 0.225 e. The molecule has 1 aromatic carbocycles. The van der Waals surface area contributed by atoms with Crippen molar-refractivity contribution in [2.45, 2.75) is 52.4 Å². The monoisotopic (exact) mass is 322 g/mol. The summed E-state index contributed by atoms with van der Waals surface area (Å²) in [6.07, 6.45) is 6.56. The van der Waals surface area contributed by atoms with Gasteiger partial charge in [-0.15, -0.1) is 0 Å².